The third-order valence-electron chi connectivity index (χ3n) is 5.65. The fourth-order valence-electron chi connectivity index (χ4n) is 3.78. The Morgan fingerprint density at radius 2 is 1.79 bits per heavy atom. The first-order valence-corrected chi connectivity index (χ1v) is 11.4. The zero-order valence-electron chi connectivity index (χ0n) is 18.7. The molecule has 0 atom stereocenters. The van der Waals surface area contributed by atoms with Gasteiger partial charge in [-0.25, -0.2) is 4.98 Å². The molecule has 0 fully saturated rings. The van der Waals surface area contributed by atoms with Crippen LogP contribution in [0, 0.1) is 6.92 Å². The van der Waals surface area contributed by atoms with Crippen LogP contribution in [0.3, 0.4) is 0 Å². The highest BCUT2D eigenvalue weighted by atomic mass is 35.5. The molecule has 7 heteroatoms. The number of carbonyl (C=O) groups is 1. The van der Waals surface area contributed by atoms with Crippen molar-refractivity contribution in [3.8, 4) is 17.3 Å². The van der Waals surface area contributed by atoms with Gasteiger partial charge in [0.2, 0.25) is 5.91 Å². The molecule has 0 aliphatic rings. The molecule has 6 nitrogen and oxygen atoms in total. The van der Waals surface area contributed by atoms with Crippen molar-refractivity contribution >= 4 is 28.5 Å². The second-order valence-electron chi connectivity index (χ2n) is 8.14. The van der Waals surface area contributed by atoms with Crippen molar-refractivity contribution in [2.24, 2.45) is 0 Å². The van der Waals surface area contributed by atoms with E-state index in [2.05, 4.69) is 10.3 Å². The van der Waals surface area contributed by atoms with Gasteiger partial charge < -0.3 is 9.73 Å². The van der Waals surface area contributed by atoms with E-state index in [1.165, 1.54) is 5.56 Å². The van der Waals surface area contributed by atoms with Gasteiger partial charge >= 0.3 is 6.01 Å². The van der Waals surface area contributed by atoms with Crippen LogP contribution < -0.4 is 5.32 Å². The Bertz CT molecular complexity index is 1440. The van der Waals surface area contributed by atoms with Gasteiger partial charge in [0.25, 0.3) is 0 Å². The maximum Gasteiger partial charge on any atom is 0.308 e. The average Bonchev–Trinajstić information content (AvgIpc) is 3.47. The fraction of sp³-hybridized carbons (Fsp3) is 0.148. The van der Waals surface area contributed by atoms with Crippen molar-refractivity contribution in [2.45, 2.75) is 26.3 Å². The van der Waals surface area contributed by atoms with Crippen LogP contribution in [0.2, 0.25) is 5.02 Å². The van der Waals surface area contributed by atoms with Gasteiger partial charge in [0.15, 0.2) is 0 Å². The number of hydrogen-bond donors (Lipinski definition) is 1. The molecule has 0 unspecified atom stereocenters. The molecule has 0 radical (unpaired) electrons. The summed E-state index contributed by atoms with van der Waals surface area (Å²) in [4.78, 5) is 21.7. The Kier molecular flexibility index (Phi) is 6.14. The molecule has 0 saturated heterocycles. The first kappa shape index (κ1) is 21.9. The minimum atomic E-state index is -0.0475. The van der Waals surface area contributed by atoms with Gasteiger partial charge in [-0.05, 0) is 36.8 Å². The highest BCUT2D eigenvalue weighted by molar-refractivity contribution is 6.30. The van der Waals surface area contributed by atoms with Gasteiger partial charge in [0.1, 0.15) is 17.8 Å². The summed E-state index contributed by atoms with van der Waals surface area (Å²) in [7, 11) is 0. The Morgan fingerprint density at radius 1 is 1.03 bits per heavy atom. The number of benzene rings is 3. The molecular weight excluding hydrogens is 448 g/mol. The van der Waals surface area contributed by atoms with E-state index in [4.69, 9.17) is 21.0 Å². The zero-order valence-corrected chi connectivity index (χ0v) is 19.4. The van der Waals surface area contributed by atoms with Gasteiger partial charge in [0, 0.05) is 30.0 Å². The summed E-state index contributed by atoms with van der Waals surface area (Å²) >= 11 is 6.08. The zero-order chi connectivity index (χ0) is 23.5. The van der Waals surface area contributed by atoms with Crippen LogP contribution in [0.15, 0.2) is 83.5 Å². The summed E-state index contributed by atoms with van der Waals surface area (Å²) in [6, 6.07) is 23.7. The lowest BCUT2D eigenvalue weighted by atomic mass is 10.1. The predicted octanol–water partition coefficient (Wildman–Crippen LogP) is 5.89. The SMILES string of the molecule is Cc1ccc(CNC(=O)CCc2oc(-n3cnc4ccccc43)nc2-c2ccc(Cl)cc2)cc1. The summed E-state index contributed by atoms with van der Waals surface area (Å²) in [6.07, 6.45) is 2.39. The van der Waals surface area contributed by atoms with E-state index in [1.54, 1.807) is 6.33 Å². The number of aromatic nitrogens is 3. The summed E-state index contributed by atoms with van der Waals surface area (Å²) in [5.41, 5.74) is 5.57. The average molecular weight is 471 g/mol. The van der Waals surface area contributed by atoms with Crippen molar-refractivity contribution in [2.75, 3.05) is 0 Å². The number of nitrogens with one attached hydrogen (secondary N) is 1. The van der Waals surface area contributed by atoms with Crippen LogP contribution in [-0.2, 0) is 17.8 Å². The molecule has 170 valence electrons. The van der Waals surface area contributed by atoms with Crippen molar-refractivity contribution < 1.29 is 9.21 Å². The van der Waals surface area contributed by atoms with Gasteiger partial charge in [-0.2, -0.15) is 4.98 Å². The number of amides is 1. The molecule has 0 aliphatic carbocycles. The van der Waals surface area contributed by atoms with Crippen molar-refractivity contribution in [1.29, 1.82) is 0 Å². The van der Waals surface area contributed by atoms with Gasteiger partial charge in [-0.1, -0.05) is 65.7 Å². The van der Waals surface area contributed by atoms with Crippen LogP contribution in [0.25, 0.3) is 28.3 Å². The number of halogens is 1. The topological polar surface area (TPSA) is 73.0 Å². The van der Waals surface area contributed by atoms with Gasteiger partial charge in [0.05, 0.1) is 11.0 Å². The number of fused-ring (bicyclic) bond motifs is 1. The third kappa shape index (κ3) is 4.72. The number of para-hydroxylation sites is 2. The molecule has 34 heavy (non-hydrogen) atoms. The molecule has 0 saturated carbocycles. The summed E-state index contributed by atoms with van der Waals surface area (Å²) in [6.45, 7) is 2.53. The number of nitrogens with zero attached hydrogens (tertiary/aromatic N) is 3. The van der Waals surface area contributed by atoms with E-state index < -0.39 is 0 Å². The van der Waals surface area contributed by atoms with Crippen molar-refractivity contribution in [3.05, 3.63) is 101 Å². The Labute approximate surface area is 202 Å². The lowest BCUT2D eigenvalue weighted by molar-refractivity contribution is -0.121. The van der Waals surface area contributed by atoms with Crippen LogP contribution in [0.1, 0.15) is 23.3 Å². The highest BCUT2D eigenvalue weighted by Gasteiger charge is 2.19. The first-order valence-electron chi connectivity index (χ1n) is 11.1. The number of imidazole rings is 1. The fourth-order valence-corrected chi connectivity index (χ4v) is 3.90. The molecule has 5 aromatic rings. The second kappa shape index (κ2) is 9.53. The molecule has 1 N–H and O–H groups in total. The lowest BCUT2D eigenvalue weighted by Crippen LogP contribution is -2.23. The molecule has 0 aliphatic heterocycles. The largest absolute Gasteiger partial charge is 0.427 e. The molecule has 2 heterocycles. The van der Waals surface area contributed by atoms with Crippen LogP contribution in [0.5, 0.6) is 0 Å². The molecule has 0 bridgehead atoms. The minimum absolute atomic E-state index is 0.0475. The van der Waals surface area contributed by atoms with E-state index in [1.807, 2.05) is 84.3 Å². The van der Waals surface area contributed by atoms with E-state index in [9.17, 15) is 4.79 Å². The number of rotatable bonds is 7. The third-order valence-corrected chi connectivity index (χ3v) is 5.90. The quantitative estimate of drug-likeness (QED) is 0.322. The van der Waals surface area contributed by atoms with Gasteiger partial charge in [-0.15, -0.1) is 0 Å². The van der Waals surface area contributed by atoms with Crippen molar-refractivity contribution in [1.82, 2.24) is 19.9 Å². The molecule has 5 rings (SSSR count). The second-order valence-corrected chi connectivity index (χ2v) is 8.58. The van der Waals surface area contributed by atoms with Crippen LogP contribution in [-0.4, -0.2) is 20.4 Å². The van der Waals surface area contributed by atoms with Gasteiger partial charge in [-0.3, -0.25) is 9.36 Å². The molecular formula is C27H23ClN4O2. The van der Waals surface area contributed by atoms with Crippen LogP contribution in [0.4, 0.5) is 0 Å². The number of oxazole rings is 1. The summed E-state index contributed by atoms with van der Waals surface area (Å²) in [5, 5.41) is 3.62. The highest BCUT2D eigenvalue weighted by Crippen LogP contribution is 2.29. The smallest absolute Gasteiger partial charge is 0.308 e. The maximum atomic E-state index is 12.6. The maximum absolute atomic E-state index is 12.6. The number of carbonyl (C=O) groups excluding carboxylic acids is 1. The number of hydrogen-bond acceptors (Lipinski definition) is 4. The normalized spacial score (nSPS) is 11.1. The molecule has 2 aromatic heterocycles. The number of aryl methyl sites for hydroxylation is 2. The standard InChI is InChI=1S/C27H23ClN4O2/c1-18-6-8-19(9-7-18)16-29-25(33)15-14-24-26(20-10-12-21(28)13-11-20)31-27(34-24)32-17-30-22-4-2-3-5-23(22)32/h2-13,17H,14-16H2,1H3,(H,29,33). The summed E-state index contributed by atoms with van der Waals surface area (Å²) < 4.78 is 7.99. The van der Waals surface area contributed by atoms with E-state index in [0.717, 1.165) is 22.2 Å². The van der Waals surface area contributed by atoms with E-state index >= 15 is 0 Å². The minimum Gasteiger partial charge on any atom is -0.427 e. The molecule has 0 spiro atoms. The summed E-state index contributed by atoms with van der Waals surface area (Å²) in [5.74, 6) is 0.592. The Hall–Kier alpha value is -3.90. The first-order chi connectivity index (χ1) is 16.6. The monoisotopic (exact) mass is 470 g/mol. The van der Waals surface area contributed by atoms with Crippen LogP contribution >= 0.6 is 11.6 Å². The Balaban J connectivity index is 1.38. The van der Waals surface area contributed by atoms with Crippen molar-refractivity contribution in [3.63, 3.8) is 0 Å². The predicted molar refractivity (Wildman–Crippen MR) is 133 cm³/mol. The van der Waals surface area contributed by atoms with E-state index in [0.29, 0.717) is 35.5 Å². The molecule has 3 aromatic carbocycles. The van der Waals surface area contributed by atoms with E-state index in [-0.39, 0.29) is 12.3 Å². The molecule has 1 amide bonds. The lowest BCUT2D eigenvalue weighted by Gasteiger charge is -2.06. The Morgan fingerprint density at radius 3 is 2.59 bits per heavy atom.